The summed E-state index contributed by atoms with van der Waals surface area (Å²) in [6, 6.07) is 24.5. The van der Waals surface area contributed by atoms with E-state index in [9.17, 15) is 14.9 Å². The van der Waals surface area contributed by atoms with Crippen LogP contribution in [0.5, 0.6) is 0 Å². The molecule has 0 radical (unpaired) electrons. The summed E-state index contributed by atoms with van der Waals surface area (Å²) in [5.41, 5.74) is 2.95. The van der Waals surface area contributed by atoms with E-state index < -0.39 is 5.92 Å². The Labute approximate surface area is 206 Å². The molecule has 0 unspecified atom stereocenters. The normalized spacial score (nSPS) is 15.4. The molecule has 3 N–H and O–H groups in total. The average Bonchev–Trinajstić information content (AvgIpc) is 3.38. The SMILES string of the molecule is CC1=C(C(=O)Nc2ccccc2)[C@H](c2cccs2)C(C#N)=C(SCC(=O)Nc2ccccc2)N1. The Morgan fingerprint density at radius 1 is 1.00 bits per heavy atom. The number of nitrogens with zero attached hydrogens (tertiary/aromatic N) is 1. The minimum atomic E-state index is -0.519. The molecule has 3 aromatic rings. The maximum absolute atomic E-state index is 13.3. The number of benzene rings is 2. The fourth-order valence-electron chi connectivity index (χ4n) is 3.64. The monoisotopic (exact) mass is 486 g/mol. The number of thiophene rings is 1. The number of anilines is 2. The van der Waals surface area contributed by atoms with Gasteiger partial charge >= 0.3 is 0 Å². The van der Waals surface area contributed by atoms with Crippen LogP contribution in [0.25, 0.3) is 0 Å². The summed E-state index contributed by atoms with van der Waals surface area (Å²) in [5, 5.41) is 21.6. The van der Waals surface area contributed by atoms with Gasteiger partial charge in [0.05, 0.1) is 28.3 Å². The minimum absolute atomic E-state index is 0.123. The van der Waals surface area contributed by atoms with Crippen LogP contribution in [0.3, 0.4) is 0 Å². The second-order valence-electron chi connectivity index (χ2n) is 7.49. The Morgan fingerprint density at radius 2 is 1.65 bits per heavy atom. The number of allylic oxidation sites excluding steroid dienone is 2. The van der Waals surface area contributed by atoms with Crippen LogP contribution in [0.4, 0.5) is 11.4 Å². The first-order valence-electron chi connectivity index (χ1n) is 10.6. The lowest BCUT2D eigenvalue weighted by Gasteiger charge is -2.29. The Hall–Kier alpha value is -3.80. The van der Waals surface area contributed by atoms with E-state index >= 15 is 0 Å². The van der Waals surface area contributed by atoms with Crippen molar-refractivity contribution in [3.8, 4) is 6.07 Å². The highest BCUT2D eigenvalue weighted by Gasteiger charge is 2.35. The van der Waals surface area contributed by atoms with Crippen molar-refractivity contribution in [2.45, 2.75) is 12.8 Å². The van der Waals surface area contributed by atoms with Crippen LogP contribution in [-0.2, 0) is 9.59 Å². The lowest BCUT2D eigenvalue weighted by atomic mass is 9.86. The number of nitriles is 1. The Morgan fingerprint density at radius 3 is 2.24 bits per heavy atom. The third-order valence-electron chi connectivity index (χ3n) is 5.16. The Balaban J connectivity index is 1.59. The number of rotatable bonds is 7. The molecular weight excluding hydrogens is 464 g/mol. The number of hydrogen-bond acceptors (Lipinski definition) is 6. The largest absolute Gasteiger partial charge is 0.353 e. The highest BCUT2D eigenvalue weighted by atomic mass is 32.2. The van der Waals surface area contributed by atoms with Gasteiger partial charge in [0, 0.05) is 27.5 Å². The van der Waals surface area contributed by atoms with Crippen LogP contribution in [0, 0.1) is 11.3 Å². The van der Waals surface area contributed by atoms with Crippen LogP contribution in [-0.4, -0.2) is 17.6 Å². The molecule has 8 heteroatoms. The van der Waals surface area contributed by atoms with E-state index in [-0.39, 0.29) is 17.6 Å². The molecule has 0 aliphatic carbocycles. The predicted molar refractivity (Wildman–Crippen MR) is 138 cm³/mol. The van der Waals surface area contributed by atoms with Gasteiger partial charge in [-0.1, -0.05) is 54.2 Å². The molecule has 6 nitrogen and oxygen atoms in total. The lowest BCUT2D eigenvalue weighted by molar-refractivity contribution is -0.114. The average molecular weight is 487 g/mol. The molecule has 0 spiro atoms. The summed E-state index contributed by atoms with van der Waals surface area (Å²) >= 11 is 2.74. The van der Waals surface area contributed by atoms with Crippen molar-refractivity contribution in [3.05, 3.63) is 105 Å². The van der Waals surface area contributed by atoms with Crippen LogP contribution in [0.1, 0.15) is 17.7 Å². The van der Waals surface area contributed by atoms with E-state index in [2.05, 4.69) is 22.0 Å². The molecule has 0 saturated carbocycles. The van der Waals surface area contributed by atoms with Gasteiger partial charge < -0.3 is 16.0 Å². The highest BCUT2D eigenvalue weighted by Crippen LogP contribution is 2.42. The van der Waals surface area contributed by atoms with E-state index in [1.165, 1.54) is 23.1 Å². The minimum Gasteiger partial charge on any atom is -0.353 e. The molecule has 2 amide bonds. The first-order chi connectivity index (χ1) is 16.6. The second-order valence-corrected chi connectivity index (χ2v) is 9.45. The van der Waals surface area contributed by atoms with E-state index in [0.717, 1.165) is 4.88 Å². The Kier molecular flexibility index (Phi) is 7.48. The molecule has 2 heterocycles. The molecule has 4 rings (SSSR count). The molecule has 1 atom stereocenters. The van der Waals surface area contributed by atoms with Crippen LogP contribution in [0.2, 0.25) is 0 Å². The topological polar surface area (TPSA) is 94.0 Å². The first-order valence-corrected chi connectivity index (χ1v) is 12.4. The van der Waals surface area contributed by atoms with Crippen molar-refractivity contribution in [3.63, 3.8) is 0 Å². The molecule has 1 aliphatic heterocycles. The maximum atomic E-state index is 13.3. The molecular formula is C26H22N4O2S2. The van der Waals surface area contributed by atoms with Crippen LogP contribution in [0.15, 0.2) is 100 Å². The summed E-state index contributed by atoms with van der Waals surface area (Å²) in [5.74, 6) is -0.842. The van der Waals surface area contributed by atoms with Gasteiger partial charge in [0.2, 0.25) is 5.91 Å². The summed E-state index contributed by atoms with van der Waals surface area (Å²) in [4.78, 5) is 26.7. The molecule has 0 saturated heterocycles. The van der Waals surface area contributed by atoms with Crippen molar-refractivity contribution < 1.29 is 9.59 Å². The maximum Gasteiger partial charge on any atom is 0.254 e. The predicted octanol–water partition coefficient (Wildman–Crippen LogP) is 5.45. The van der Waals surface area contributed by atoms with E-state index in [1.54, 1.807) is 0 Å². The molecule has 0 fully saturated rings. The van der Waals surface area contributed by atoms with Crippen LogP contribution >= 0.6 is 23.1 Å². The van der Waals surface area contributed by atoms with Crippen molar-refractivity contribution in [2.24, 2.45) is 0 Å². The zero-order valence-corrected chi connectivity index (χ0v) is 20.0. The summed E-state index contributed by atoms with van der Waals surface area (Å²) < 4.78 is 0. The van der Waals surface area contributed by atoms with Crippen molar-refractivity contribution in [2.75, 3.05) is 16.4 Å². The second kappa shape index (κ2) is 10.9. The van der Waals surface area contributed by atoms with Crippen molar-refractivity contribution >= 4 is 46.3 Å². The number of nitrogens with one attached hydrogen (secondary N) is 3. The molecule has 0 bridgehead atoms. The summed E-state index contributed by atoms with van der Waals surface area (Å²) in [6.07, 6.45) is 0. The fraction of sp³-hybridized carbons (Fsp3) is 0.115. The van der Waals surface area contributed by atoms with Crippen LogP contribution < -0.4 is 16.0 Å². The smallest absolute Gasteiger partial charge is 0.254 e. The highest BCUT2D eigenvalue weighted by molar-refractivity contribution is 8.03. The Bertz CT molecular complexity index is 1280. The number of para-hydroxylation sites is 2. The third-order valence-corrected chi connectivity index (χ3v) is 7.11. The fourth-order valence-corrected chi connectivity index (χ4v) is 5.38. The number of dihydropyridines is 1. The van der Waals surface area contributed by atoms with E-state index in [0.29, 0.717) is 33.2 Å². The standard InChI is InChI=1S/C26H22N4O2S2/c1-17-23(25(32)30-19-11-6-3-7-12-19)24(21-13-8-14-33-21)20(15-27)26(28-17)34-16-22(31)29-18-9-4-2-5-10-18/h2-14,24,28H,16H2,1H3,(H,29,31)(H,30,32)/t24-/m0/s1. The molecule has 1 aliphatic rings. The zero-order chi connectivity index (χ0) is 23.9. The van der Waals surface area contributed by atoms with Gasteiger partial charge in [-0.25, -0.2) is 0 Å². The van der Waals surface area contributed by atoms with Gasteiger partial charge in [-0.2, -0.15) is 5.26 Å². The van der Waals surface area contributed by atoms with E-state index in [4.69, 9.17) is 0 Å². The number of hydrogen-bond donors (Lipinski definition) is 3. The number of amides is 2. The molecule has 34 heavy (non-hydrogen) atoms. The van der Waals surface area contributed by atoms with Gasteiger partial charge in [-0.15, -0.1) is 11.3 Å². The van der Waals surface area contributed by atoms with Gasteiger partial charge in [0.1, 0.15) is 0 Å². The molecule has 1 aromatic heterocycles. The van der Waals surface area contributed by atoms with Crippen molar-refractivity contribution in [1.82, 2.24) is 5.32 Å². The van der Waals surface area contributed by atoms with Gasteiger partial charge in [0.25, 0.3) is 5.91 Å². The van der Waals surface area contributed by atoms with Gasteiger partial charge in [-0.05, 0) is 42.6 Å². The lowest BCUT2D eigenvalue weighted by Crippen LogP contribution is -2.30. The van der Waals surface area contributed by atoms with Gasteiger partial charge in [-0.3, -0.25) is 9.59 Å². The number of thioether (sulfide) groups is 1. The third kappa shape index (κ3) is 5.39. The summed E-state index contributed by atoms with van der Waals surface area (Å²) in [7, 11) is 0. The first kappa shape index (κ1) is 23.4. The summed E-state index contributed by atoms with van der Waals surface area (Å²) in [6.45, 7) is 1.82. The van der Waals surface area contributed by atoms with E-state index in [1.807, 2.05) is 85.1 Å². The van der Waals surface area contributed by atoms with Gasteiger partial charge in [0.15, 0.2) is 0 Å². The number of carbonyl (C=O) groups is 2. The molecule has 170 valence electrons. The molecule has 2 aromatic carbocycles. The zero-order valence-electron chi connectivity index (χ0n) is 18.4. The number of carbonyl (C=O) groups excluding carboxylic acids is 2. The van der Waals surface area contributed by atoms with Crippen molar-refractivity contribution in [1.29, 1.82) is 5.26 Å². The quantitative estimate of drug-likeness (QED) is 0.413.